The molecule has 4 rings (SSSR count). The van der Waals surface area contributed by atoms with Crippen LogP contribution in [0, 0.1) is 5.41 Å². The van der Waals surface area contributed by atoms with Crippen molar-refractivity contribution in [3.63, 3.8) is 0 Å². The van der Waals surface area contributed by atoms with Crippen molar-refractivity contribution in [3.05, 3.63) is 12.7 Å². The molecule has 2 saturated heterocycles. The molecule has 0 bridgehead atoms. The number of nitrogens with zero attached hydrogens (tertiary/aromatic N) is 4. The number of hydrogen-bond acceptors (Lipinski definition) is 17. The van der Waals surface area contributed by atoms with Crippen LogP contribution < -0.4 is 16.4 Å². The zero-order chi connectivity index (χ0) is 35.7. The van der Waals surface area contributed by atoms with Gasteiger partial charge < -0.3 is 50.9 Å². The average molecular weight is 766 g/mol. The Morgan fingerprint density at radius 3 is 2.48 bits per heavy atom. The summed E-state index contributed by atoms with van der Waals surface area (Å²) in [4.78, 5) is 74.8. The topological polar surface area (TPSA) is 347 Å². The first-order valence-corrected chi connectivity index (χ1v) is 19.3. The van der Waals surface area contributed by atoms with Crippen molar-refractivity contribution in [1.29, 1.82) is 0 Å². The normalized spacial score (nSPS) is 26.0. The number of nitrogens with one attached hydrogen (secondary N) is 2. The van der Waals surface area contributed by atoms with Gasteiger partial charge >= 0.3 is 23.5 Å². The van der Waals surface area contributed by atoms with Gasteiger partial charge in [-0.1, -0.05) is 13.8 Å². The zero-order valence-electron chi connectivity index (χ0n) is 25.0. The summed E-state index contributed by atoms with van der Waals surface area (Å²) in [6.45, 7) is 0.477. The van der Waals surface area contributed by atoms with E-state index in [2.05, 4.69) is 34.4 Å². The molecule has 0 radical (unpaired) electrons. The number of aliphatic hydroxyl groups excluding tert-OH is 2. The Bertz CT molecular complexity index is 1640. The molecule has 0 aliphatic carbocycles. The highest BCUT2D eigenvalue weighted by Gasteiger charge is 2.50. The van der Waals surface area contributed by atoms with Gasteiger partial charge in [-0.2, -0.15) is 4.31 Å². The number of anilines is 1. The lowest BCUT2D eigenvalue weighted by Gasteiger charge is -2.30. The van der Waals surface area contributed by atoms with Gasteiger partial charge in [-0.25, -0.2) is 28.6 Å². The number of amides is 2. The first-order chi connectivity index (χ1) is 22.2. The molecule has 8 atom stereocenters. The van der Waals surface area contributed by atoms with E-state index in [0.717, 1.165) is 23.0 Å². The van der Waals surface area contributed by atoms with E-state index in [0.29, 0.717) is 0 Å². The van der Waals surface area contributed by atoms with Crippen molar-refractivity contribution in [2.45, 2.75) is 56.3 Å². The maximum absolute atomic E-state index is 12.6. The Hall–Kier alpha value is -2.11. The molecule has 0 aromatic carbocycles. The number of phosphoric ester groups is 3. The van der Waals surface area contributed by atoms with Crippen molar-refractivity contribution in [1.82, 2.24) is 30.2 Å². The van der Waals surface area contributed by atoms with Crippen LogP contribution in [0.2, 0.25) is 0 Å². The molecule has 2 aromatic rings. The van der Waals surface area contributed by atoms with Crippen LogP contribution in [0.3, 0.4) is 0 Å². The minimum atomic E-state index is -5.53. The van der Waals surface area contributed by atoms with E-state index in [1.54, 1.807) is 11.8 Å². The van der Waals surface area contributed by atoms with E-state index in [9.17, 15) is 53.1 Å². The minimum absolute atomic E-state index is 0.0338. The Kier molecular flexibility index (Phi) is 12.1. The molecule has 2 aliphatic heterocycles. The molecule has 4 heterocycles. The molecule has 10 N–H and O–H groups in total. The zero-order valence-corrected chi connectivity index (χ0v) is 28.5. The standard InChI is InChI=1S/C21H34N7O16P3S/c1-21(2,16(31)19(32)23-4-3-11(29)27-12-6-48-12)7-41-47(38,39)44-46(36,37)40-5-10-15(43-45(33,34)35)14(30)20(42-10)28-9-26-13-17(22)24-8-25-18(13)28/h8-10,12,14-16,20,30-31H,3-7H2,1-2H3,(H,23,32)(H,27,29)(H,36,37)(H,38,39)(H2,22,24,25)(H2,33,34,35)/t10-,12+,14-,15-,16+,20-/m1/s1. The number of carbonyl (C=O) groups excluding carboxylic acids is 2. The maximum atomic E-state index is 12.6. The molecule has 0 saturated carbocycles. The number of carbonyl (C=O) groups is 2. The van der Waals surface area contributed by atoms with Crippen molar-refractivity contribution < 1.29 is 75.7 Å². The number of nitrogens with two attached hydrogens (primary N) is 1. The summed E-state index contributed by atoms with van der Waals surface area (Å²) < 4.78 is 61.8. The third kappa shape index (κ3) is 10.5. The molecule has 2 aromatic heterocycles. The summed E-state index contributed by atoms with van der Waals surface area (Å²) in [5.41, 5.74) is 4.32. The van der Waals surface area contributed by atoms with E-state index in [4.69, 9.17) is 19.5 Å². The molecule has 0 spiro atoms. The van der Waals surface area contributed by atoms with Crippen LogP contribution in [-0.2, 0) is 45.9 Å². The number of fused-ring (bicyclic) bond motifs is 1. The second kappa shape index (κ2) is 15.0. The van der Waals surface area contributed by atoms with Crippen LogP contribution in [0.25, 0.3) is 11.2 Å². The fourth-order valence-corrected chi connectivity index (χ4v) is 7.46. The van der Waals surface area contributed by atoms with Gasteiger partial charge in [-0.3, -0.25) is 27.7 Å². The van der Waals surface area contributed by atoms with Crippen LogP contribution in [0.5, 0.6) is 0 Å². The van der Waals surface area contributed by atoms with Crippen molar-refractivity contribution in [3.8, 4) is 0 Å². The minimum Gasteiger partial charge on any atom is -0.386 e. The second-order valence-electron chi connectivity index (χ2n) is 11.1. The molecule has 2 fully saturated rings. The van der Waals surface area contributed by atoms with Crippen LogP contribution in [0.4, 0.5) is 5.82 Å². The molecular weight excluding hydrogens is 731 g/mol. The monoisotopic (exact) mass is 765 g/mol. The summed E-state index contributed by atoms with van der Waals surface area (Å²) in [5.74, 6) is -0.462. The Morgan fingerprint density at radius 1 is 1.17 bits per heavy atom. The molecule has 2 amide bonds. The molecule has 48 heavy (non-hydrogen) atoms. The summed E-state index contributed by atoms with van der Waals surface area (Å²) in [5, 5.41) is 26.4. The Balaban J connectivity index is 1.33. The number of phosphoric acid groups is 3. The third-order valence-electron chi connectivity index (χ3n) is 6.73. The van der Waals surface area contributed by atoms with Gasteiger partial charge in [0.2, 0.25) is 11.8 Å². The molecule has 23 nitrogen and oxygen atoms in total. The van der Waals surface area contributed by atoms with Crippen LogP contribution in [-0.4, -0.2) is 116 Å². The smallest absolute Gasteiger partial charge is 0.386 e. The molecular formula is C21H34N7O16P3S. The number of imidazole rings is 1. The highest BCUT2D eigenvalue weighted by molar-refractivity contribution is 8.06. The van der Waals surface area contributed by atoms with Gasteiger partial charge in [-0.05, 0) is 0 Å². The summed E-state index contributed by atoms with van der Waals surface area (Å²) >= 11 is 1.54. The Labute approximate surface area is 275 Å². The summed E-state index contributed by atoms with van der Waals surface area (Å²) in [6.07, 6.45) is -6.66. The van der Waals surface area contributed by atoms with E-state index < -0.39 is 78.6 Å². The fraction of sp³-hybridized carbons (Fsp3) is 0.667. The van der Waals surface area contributed by atoms with Crippen LogP contribution in [0.1, 0.15) is 26.5 Å². The molecule has 2 unspecified atom stereocenters. The number of aromatic nitrogens is 4. The van der Waals surface area contributed by atoms with E-state index in [-0.39, 0.29) is 41.2 Å². The first-order valence-electron chi connectivity index (χ1n) is 13.7. The largest absolute Gasteiger partial charge is 0.481 e. The Morgan fingerprint density at radius 2 is 1.83 bits per heavy atom. The van der Waals surface area contributed by atoms with Crippen molar-refractivity contribution in [2.24, 2.45) is 5.41 Å². The predicted octanol–water partition coefficient (Wildman–Crippen LogP) is -1.52. The third-order valence-corrected chi connectivity index (χ3v) is 10.6. The second-order valence-corrected chi connectivity index (χ2v) is 16.6. The summed E-state index contributed by atoms with van der Waals surface area (Å²) in [6, 6.07) is 0. The van der Waals surface area contributed by atoms with E-state index in [1.807, 2.05) is 0 Å². The lowest BCUT2D eigenvalue weighted by Crippen LogP contribution is -2.46. The van der Waals surface area contributed by atoms with Gasteiger partial charge in [0.05, 0.1) is 24.9 Å². The average Bonchev–Trinajstić information content (AvgIpc) is 3.59. The van der Waals surface area contributed by atoms with Gasteiger partial charge in [0.25, 0.3) is 0 Å². The lowest BCUT2D eigenvalue weighted by atomic mass is 9.87. The number of aliphatic hydroxyl groups is 2. The lowest BCUT2D eigenvalue weighted by molar-refractivity contribution is -0.137. The highest BCUT2D eigenvalue weighted by Crippen LogP contribution is 2.61. The summed E-state index contributed by atoms with van der Waals surface area (Å²) in [7, 11) is -16.3. The van der Waals surface area contributed by atoms with Crippen molar-refractivity contribution in [2.75, 3.05) is 31.2 Å². The first kappa shape index (κ1) is 38.7. The quantitative estimate of drug-likeness (QED) is 0.0652. The fourth-order valence-electron chi connectivity index (χ4n) is 4.23. The van der Waals surface area contributed by atoms with Crippen LogP contribution >= 0.6 is 35.2 Å². The number of ether oxygens (including phenoxy) is 1. The predicted molar refractivity (Wildman–Crippen MR) is 161 cm³/mol. The van der Waals surface area contributed by atoms with E-state index in [1.165, 1.54) is 13.8 Å². The van der Waals surface area contributed by atoms with Gasteiger partial charge in [0.15, 0.2) is 17.7 Å². The number of hydrogen-bond donors (Lipinski definition) is 9. The number of nitrogen functional groups attached to an aromatic ring is 1. The highest BCUT2D eigenvalue weighted by atomic mass is 32.2. The number of rotatable bonds is 17. The molecule has 2 aliphatic rings. The van der Waals surface area contributed by atoms with Gasteiger partial charge in [-0.15, -0.1) is 11.8 Å². The SMILES string of the molecule is CC(C)(COP(=O)(O)OP(=O)(O)OC[C@H]1O[C@@H](n2cnc3c(N)ncnc32)[C@H](O)[C@@H]1OP(=O)(O)O)[C@@H](O)C(=O)NCCC(=O)N[C@@H]1CS1. The van der Waals surface area contributed by atoms with Crippen LogP contribution in [0.15, 0.2) is 12.7 Å². The molecule has 270 valence electrons. The maximum Gasteiger partial charge on any atom is 0.481 e. The van der Waals surface area contributed by atoms with E-state index >= 15 is 0 Å². The number of thioether (sulfide) groups is 1. The van der Waals surface area contributed by atoms with Gasteiger partial charge in [0, 0.05) is 24.1 Å². The van der Waals surface area contributed by atoms with Crippen molar-refractivity contribution >= 4 is 64.0 Å². The van der Waals surface area contributed by atoms with Gasteiger partial charge in [0.1, 0.15) is 36.3 Å². The molecule has 27 heteroatoms.